The van der Waals surface area contributed by atoms with E-state index in [0.29, 0.717) is 18.1 Å². The molecule has 0 amide bonds. The van der Waals surface area contributed by atoms with Gasteiger partial charge in [-0.15, -0.1) is 11.3 Å². The molecule has 4 heteroatoms. The van der Waals surface area contributed by atoms with Gasteiger partial charge in [-0.1, -0.05) is 24.3 Å². The molecule has 1 fully saturated rings. The van der Waals surface area contributed by atoms with E-state index in [1.54, 1.807) is 11.3 Å². The predicted octanol–water partition coefficient (Wildman–Crippen LogP) is 3.94. The molecule has 1 aliphatic heterocycles. The van der Waals surface area contributed by atoms with Gasteiger partial charge in [-0.25, -0.2) is 4.98 Å². The van der Waals surface area contributed by atoms with E-state index in [9.17, 15) is 0 Å². The maximum atomic E-state index is 5.81. The van der Waals surface area contributed by atoms with Crippen molar-refractivity contribution in [1.29, 1.82) is 0 Å². The second-order valence-corrected chi connectivity index (χ2v) is 7.24. The Balaban J connectivity index is 1.47. The van der Waals surface area contributed by atoms with Gasteiger partial charge in [0, 0.05) is 29.3 Å². The zero-order valence-corrected chi connectivity index (χ0v) is 13.2. The highest BCUT2D eigenvalue weighted by Crippen LogP contribution is 2.41. The van der Waals surface area contributed by atoms with Gasteiger partial charge < -0.3 is 10.1 Å². The van der Waals surface area contributed by atoms with Crippen molar-refractivity contribution in [2.45, 2.75) is 38.9 Å². The zero-order chi connectivity index (χ0) is 14.4. The summed E-state index contributed by atoms with van der Waals surface area (Å²) in [6.07, 6.45) is 2.91. The summed E-state index contributed by atoms with van der Waals surface area (Å²) in [5, 5.41) is 4.58. The third-order valence-corrected chi connectivity index (χ3v) is 5.59. The number of hydrogen-bond donors (Lipinski definition) is 1. The highest BCUT2D eigenvalue weighted by molar-refractivity contribution is 7.16. The standard InChI is InChI=1S/C17H20N2OS/c1-10-7-13(11(2)20-10)9-18-17-19-16-14-6-4-3-5-12(14)8-15(16)21-17/h3-6,10-11,13H,7-9H2,1-2H3,(H,18,19). The highest BCUT2D eigenvalue weighted by atomic mass is 32.1. The number of benzene rings is 1. The maximum Gasteiger partial charge on any atom is 0.183 e. The molecule has 3 atom stereocenters. The predicted molar refractivity (Wildman–Crippen MR) is 87.0 cm³/mol. The normalized spacial score (nSPS) is 26.7. The van der Waals surface area contributed by atoms with E-state index in [0.717, 1.165) is 24.5 Å². The molecule has 1 N–H and O–H groups in total. The van der Waals surface area contributed by atoms with Crippen molar-refractivity contribution >= 4 is 16.5 Å². The van der Waals surface area contributed by atoms with Gasteiger partial charge >= 0.3 is 0 Å². The summed E-state index contributed by atoms with van der Waals surface area (Å²) < 4.78 is 5.81. The summed E-state index contributed by atoms with van der Waals surface area (Å²) in [7, 11) is 0. The average Bonchev–Trinajstić information content (AvgIpc) is 3.09. The van der Waals surface area contributed by atoms with Crippen LogP contribution in [0, 0.1) is 5.92 Å². The lowest BCUT2D eigenvalue weighted by molar-refractivity contribution is 0.0574. The van der Waals surface area contributed by atoms with E-state index < -0.39 is 0 Å². The van der Waals surface area contributed by atoms with Crippen molar-refractivity contribution in [3.8, 4) is 11.3 Å². The SMILES string of the molecule is CC1CC(CNc2nc3c(s2)Cc2ccccc2-3)C(C)O1. The second kappa shape index (κ2) is 5.11. The van der Waals surface area contributed by atoms with Gasteiger partial charge in [-0.3, -0.25) is 0 Å². The van der Waals surface area contributed by atoms with Crippen LogP contribution in [-0.4, -0.2) is 23.7 Å². The molecule has 110 valence electrons. The number of aromatic nitrogens is 1. The van der Waals surface area contributed by atoms with E-state index in [1.807, 2.05) is 0 Å². The summed E-state index contributed by atoms with van der Waals surface area (Å²) >= 11 is 1.80. The largest absolute Gasteiger partial charge is 0.375 e. The van der Waals surface area contributed by atoms with Crippen molar-refractivity contribution in [3.05, 3.63) is 34.7 Å². The molecule has 0 bridgehead atoms. The molecule has 1 aromatic carbocycles. The Morgan fingerprint density at radius 1 is 1.33 bits per heavy atom. The van der Waals surface area contributed by atoms with Crippen LogP contribution in [0.4, 0.5) is 5.13 Å². The minimum absolute atomic E-state index is 0.347. The van der Waals surface area contributed by atoms with E-state index in [1.165, 1.54) is 21.7 Å². The van der Waals surface area contributed by atoms with Crippen LogP contribution in [0.15, 0.2) is 24.3 Å². The van der Waals surface area contributed by atoms with Crippen LogP contribution in [0.3, 0.4) is 0 Å². The molecule has 2 aromatic rings. The van der Waals surface area contributed by atoms with Crippen LogP contribution in [0.2, 0.25) is 0 Å². The number of ether oxygens (including phenoxy) is 1. The number of thiazole rings is 1. The smallest absolute Gasteiger partial charge is 0.183 e. The number of nitrogens with zero attached hydrogens (tertiary/aromatic N) is 1. The minimum atomic E-state index is 0.347. The third-order valence-electron chi connectivity index (χ3n) is 4.58. The van der Waals surface area contributed by atoms with Gasteiger partial charge in [-0.2, -0.15) is 0 Å². The second-order valence-electron chi connectivity index (χ2n) is 6.15. The van der Waals surface area contributed by atoms with Gasteiger partial charge in [0.25, 0.3) is 0 Å². The van der Waals surface area contributed by atoms with Crippen LogP contribution in [0.1, 0.15) is 30.7 Å². The molecule has 4 rings (SSSR count). The lowest BCUT2D eigenvalue weighted by atomic mass is 10.0. The quantitative estimate of drug-likeness (QED) is 0.795. The zero-order valence-electron chi connectivity index (χ0n) is 12.4. The van der Waals surface area contributed by atoms with Crippen molar-refractivity contribution in [2.75, 3.05) is 11.9 Å². The van der Waals surface area contributed by atoms with Gasteiger partial charge in [0.2, 0.25) is 0 Å². The Kier molecular flexibility index (Phi) is 3.23. The number of hydrogen-bond acceptors (Lipinski definition) is 4. The number of rotatable bonds is 3. The summed E-state index contributed by atoms with van der Waals surface area (Å²) in [5.74, 6) is 0.589. The lowest BCUT2D eigenvalue weighted by Gasteiger charge is -2.13. The molecular weight excluding hydrogens is 280 g/mol. The van der Waals surface area contributed by atoms with Gasteiger partial charge in [0.05, 0.1) is 17.9 Å². The summed E-state index contributed by atoms with van der Waals surface area (Å²) in [6.45, 7) is 5.29. The molecule has 0 radical (unpaired) electrons. The molecule has 3 nitrogen and oxygen atoms in total. The molecule has 1 saturated heterocycles. The van der Waals surface area contributed by atoms with E-state index in [4.69, 9.17) is 9.72 Å². The van der Waals surface area contributed by atoms with Gasteiger partial charge in [0.1, 0.15) is 0 Å². The number of fused-ring (bicyclic) bond motifs is 3. The van der Waals surface area contributed by atoms with E-state index in [-0.39, 0.29) is 0 Å². The molecule has 3 unspecified atom stereocenters. The van der Waals surface area contributed by atoms with E-state index in [2.05, 4.69) is 43.4 Å². The van der Waals surface area contributed by atoms with Crippen LogP contribution in [0.5, 0.6) is 0 Å². The van der Waals surface area contributed by atoms with Crippen molar-refractivity contribution in [1.82, 2.24) is 4.98 Å². The Morgan fingerprint density at radius 3 is 3.00 bits per heavy atom. The molecule has 1 aromatic heterocycles. The Hall–Kier alpha value is -1.39. The minimum Gasteiger partial charge on any atom is -0.375 e. The summed E-state index contributed by atoms with van der Waals surface area (Å²) in [5.41, 5.74) is 3.90. The topological polar surface area (TPSA) is 34.2 Å². The fraction of sp³-hybridized carbons (Fsp3) is 0.471. The van der Waals surface area contributed by atoms with Crippen LogP contribution in [0.25, 0.3) is 11.3 Å². The van der Waals surface area contributed by atoms with Crippen LogP contribution in [-0.2, 0) is 11.2 Å². The first-order valence-corrected chi connectivity index (χ1v) is 8.49. The van der Waals surface area contributed by atoms with Crippen LogP contribution >= 0.6 is 11.3 Å². The number of nitrogens with one attached hydrogen (secondary N) is 1. The lowest BCUT2D eigenvalue weighted by Crippen LogP contribution is -2.20. The molecule has 2 aliphatic rings. The van der Waals surface area contributed by atoms with Crippen molar-refractivity contribution < 1.29 is 4.74 Å². The van der Waals surface area contributed by atoms with Crippen molar-refractivity contribution in [2.24, 2.45) is 5.92 Å². The first-order valence-electron chi connectivity index (χ1n) is 7.68. The molecule has 0 saturated carbocycles. The number of anilines is 1. The monoisotopic (exact) mass is 300 g/mol. The summed E-state index contributed by atoms with van der Waals surface area (Å²) in [4.78, 5) is 6.20. The van der Waals surface area contributed by atoms with Crippen LogP contribution < -0.4 is 5.32 Å². The van der Waals surface area contributed by atoms with Gasteiger partial charge in [-0.05, 0) is 25.8 Å². The molecule has 21 heavy (non-hydrogen) atoms. The maximum absolute atomic E-state index is 5.81. The third kappa shape index (κ3) is 2.36. The van der Waals surface area contributed by atoms with Crippen molar-refractivity contribution in [3.63, 3.8) is 0 Å². The average molecular weight is 300 g/mol. The van der Waals surface area contributed by atoms with Gasteiger partial charge in [0.15, 0.2) is 5.13 Å². The Labute approximate surface area is 129 Å². The Morgan fingerprint density at radius 2 is 2.19 bits per heavy atom. The first-order chi connectivity index (χ1) is 10.2. The highest BCUT2D eigenvalue weighted by Gasteiger charge is 2.30. The van der Waals surface area contributed by atoms with E-state index >= 15 is 0 Å². The Bertz CT molecular complexity index is 667. The first kappa shape index (κ1) is 13.3. The fourth-order valence-electron chi connectivity index (χ4n) is 3.45. The summed E-state index contributed by atoms with van der Waals surface area (Å²) in [6, 6.07) is 8.59. The molecule has 2 heterocycles. The molecular formula is C17H20N2OS. The molecule has 1 aliphatic carbocycles. The molecule has 0 spiro atoms. The fourth-order valence-corrected chi connectivity index (χ4v) is 4.46.